The number of hydrogen-bond acceptors (Lipinski definition) is 7. The van der Waals surface area contributed by atoms with Gasteiger partial charge in [0.1, 0.15) is 5.03 Å². The lowest BCUT2D eigenvalue weighted by atomic mass is 9.53. The van der Waals surface area contributed by atoms with Gasteiger partial charge in [-0.1, -0.05) is 23.9 Å². The first-order chi connectivity index (χ1) is 15.5. The summed E-state index contributed by atoms with van der Waals surface area (Å²) in [7, 11) is 0. The van der Waals surface area contributed by atoms with Crippen molar-refractivity contribution in [3.05, 3.63) is 30.5 Å². The molecule has 2 N–H and O–H groups in total. The monoisotopic (exact) mass is 454 g/mol. The van der Waals surface area contributed by atoms with Crippen molar-refractivity contribution in [2.24, 2.45) is 17.8 Å². The van der Waals surface area contributed by atoms with Gasteiger partial charge >= 0.3 is 12.0 Å². The predicted octanol–water partition coefficient (Wildman–Crippen LogP) is 3.06. The zero-order valence-corrected chi connectivity index (χ0v) is 18.5. The molecule has 0 aliphatic heterocycles. The van der Waals surface area contributed by atoms with E-state index in [0.29, 0.717) is 22.8 Å². The molecule has 0 radical (unpaired) electrons. The van der Waals surface area contributed by atoms with E-state index in [4.69, 9.17) is 4.74 Å². The van der Waals surface area contributed by atoms with Crippen LogP contribution >= 0.6 is 11.8 Å². The molecule has 32 heavy (non-hydrogen) atoms. The molecular formula is C23H26N4O4S. The standard InChI is InChI=1S/C23H26N4O4S/c28-19(26-22(30)27-23-8-14-5-15(9-23)7-16(6-14)10-23)12-31-21(29)13-32-20-11-24-17-3-1-2-4-18(17)25-20/h1-4,11,14-16H,5-10,12-13H2,(H2,26,27,28,30). The summed E-state index contributed by atoms with van der Waals surface area (Å²) in [5.41, 5.74) is 1.35. The average molecular weight is 455 g/mol. The minimum atomic E-state index is -0.629. The molecule has 4 aliphatic carbocycles. The molecule has 3 amide bonds. The van der Waals surface area contributed by atoms with Crippen LogP contribution in [0.5, 0.6) is 0 Å². The first kappa shape index (κ1) is 21.2. The van der Waals surface area contributed by atoms with Gasteiger partial charge < -0.3 is 10.1 Å². The number of carbonyl (C=O) groups is 3. The Morgan fingerprint density at radius 1 is 1.03 bits per heavy atom. The lowest BCUT2D eigenvalue weighted by molar-refractivity contribution is -0.145. The Labute approximate surface area is 190 Å². The molecule has 0 atom stereocenters. The number of hydrogen-bond donors (Lipinski definition) is 2. The summed E-state index contributed by atoms with van der Waals surface area (Å²) in [5, 5.41) is 5.98. The quantitative estimate of drug-likeness (QED) is 0.510. The van der Waals surface area contributed by atoms with Crippen LogP contribution in [0.1, 0.15) is 38.5 Å². The van der Waals surface area contributed by atoms with Crippen molar-refractivity contribution in [3.63, 3.8) is 0 Å². The van der Waals surface area contributed by atoms with Crippen LogP contribution in [0.15, 0.2) is 35.5 Å². The van der Waals surface area contributed by atoms with Gasteiger partial charge in [0.25, 0.3) is 5.91 Å². The number of aromatic nitrogens is 2. The van der Waals surface area contributed by atoms with Crippen LogP contribution in [0.3, 0.4) is 0 Å². The Kier molecular flexibility index (Phi) is 5.75. The molecule has 0 unspecified atom stereocenters. The van der Waals surface area contributed by atoms with Crippen LogP contribution in [0.2, 0.25) is 0 Å². The highest BCUT2D eigenvalue weighted by atomic mass is 32.2. The van der Waals surface area contributed by atoms with E-state index in [-0.39, 0.29) is 11.3 Å². The molecule has 4 fully saturated rings. The fourth-order valence-corrected chi connectivity index (χ4v) is 6.67. The Morgan fingerprint density at radius 3 is 2.38 bits per heavy atom. The minimum Gasteiger partial charge on any atom is -0.455 e. The maximum Gasteiger partial charge on any atom is 0.321 e. The molecule has 1 aromatic carbocycles. The number of imide groups is 1. The maximum atomic E-state index is 12.4. The van der Waals surface area contributed by atoms with Gasteiger partial charge in [-0.15, -0.1) is 0 Å². The number of ether oxygens (including phenoxy) is 1. The van der Waals surface area contributed by atoms with Gasteiger partial charge in [-0.05, 0) is 68.4 Å². The van der Waals surface area contributed by atoms with Crippen molar-refractivity contribution < 1.29 is 19.1 Å². The zero-order chi connectivity index (χ0) is 22.1. The predicted molar refractivity (Wildman–Crippen MR) is 119 cm³/mol. The largest absolute Gasteiger partial charge is 0.455 e. The average Bonchev–Trinajstić information content (AvgIpc) is 2.74. The van der Waals surface area contributed by atoms with Crippen molar-refractivity contribution >= 4 is 40.7 Å². The smallest absolute Gasteiger partial charge is 0.321 e. The Balaban J connectivity index is 1.05. The first-order valence-corrected chi connectivity index (χ1v) is 12.1. The number of fused-ring (bicyclic) bond motifs is 1. The van der Waals surface area contributed by atoms with Gasteiger partial charge in [-0.2, -0.15) is 0 Å². The van der Waals surface area contributed by atoms with E-state index in [2.05, 4.69) is 20.6 Å². The van der Waals surface area contributed by atoms with Crippen LogP contribution in [-0.2, 0) is 14.3 Å². The number of nitrogens with zero attached hydrogens (tertiary/aromatic N) is 2. The van der Waals surface area contributed by atoms with Gasteiger partial charge in [0.05, 0.1) is 23.0 Å². The van der Waals surface area contributed by atoms with Crippen molar-refractivity contribution in [2.45, 2.75) is 49.1 Å². The highest BCUT2D eigenvalue weighted by molar-refractivity contribution is 7.99. The number of nitrogens with one attached hydrogen (secondary N) is 2. The summed E-state index contributed by atoms with van der Waals surface area (Å²) in [5.74, 6) is 0.909. The number of benzene rings is 1. The van der Waals surface area contributed by atoms with E-state index in [1.54, 1.807) is 6.20 Å². The van der Waals surface area contributed by atoms with Gasteiger partial charge in [-0.3, -0.25) is 19.9 Å². The van der Waals surface area contributed by atoms with E-state index in [9.17, 15) is 14.4 Å². The number of amides is 3. The zero-order valence-electron chi connectivity index (χ0n) is 17.7. The van der Waals surface area contributed by atoms with Gasteiger partial charge in [0, 0.05) is 5.54 Å². The van der Waals surface area contributed by atoms with Crippen LogP contribution in [0, 0.1) is 17.8 Å². The maximum absolute atomic E-state index is 12.4. The van der Waals surface area contributed by atoms with Crippen LogP contribution in [0.4, 0.5) is 4.79 Å². The van der Waals surface area contributed by atoms with Crippen molar-refractivity contribution in [3.8, 4) is 0 Å². The molecule has 8 nitrogen and oxygen atoms in total. The van der Waals surface area contributed by atoms with Crippen molar-refractivity contribution in [2.75, 3.05) is 12.4 Å². The van der Waals surface area contributed by atoms with E-state index in [1.807, 2.05) is 24.3 Å². The molecule has 1 heterocycles. The fraction of sp³-hybridized carbons (Fsp3) is 0.522. The summed E-state index contributed by atoms with van der Waals surface area (Å²) in [6.07, 6.45) is 8.45. The summed E-state index contributed by atoms with van der Waals surface area (Å²) in [6.45, 7) is -0.489. The first-order valence-electron chi connectivity index (χ1n) is 11.1. The SMILES string of the molecule is O=C(COC(=O)CSc1cnc2ccccc2n1)NC(=O)NC12CC3CC(CC(C3)C1)C2. The number of urea groups is 1. The normalized spacial score (nSPS) is 27.8. The summed E-state index contributed by atoms with van der Waals surface area (Å²) < 4.78 is 5.01. The molecule has 4 bridgehead atoms. The molecular weight excluding hydrogens is 428 g/mol. The van der Waals surface area contributed by atoms with Crippen LogP contribution in [-0.4, -0.2) is 45.8 Å². The number of esters is 1. The van der Waals surface area contributed by atoms with Crippen molar-refractivity contribution in [1.29, 1.82) is 0 Å². The van der Waals surface area contributed by atoms with Gasteiger partial charge in [0.2, 0.25) is 0 Å². The van der Waals surface area contributed by atoms with Crippen LogP contribution in [0.25, 0.3) is 11.0 Å². The molecule has 9 heteroatoms. The number of para-hydroxylation sites is 2. The number of carbonyl (C=O) groups excluding carboxylic acids is 3. The minimum absolute atomic E-state index is 0.000225. The van der Waals surface area contributed by atoms with E-state index in [0.717, 1.165) is 30.3 Å². The molecule has 0 spiro atoms. The number of rotatable bonds is 6. The van der Waals surface area contributed by atoms with Gasteiger partial charge in [-0.25, -0.2) is 9.78 Å². The summed E-state index contributed by atoms with van der Waals surface area (Å²) in [4.78, 5) is 45.2. The summed E-state index contributed by atoms with van der Waals surface area (Å²) in [6, 6.07) is 6.98. The second-order valence-electron chi connectivity index (χ2n) is 9.35. The highest BCUT2D eigenvalue weighted by Gasteiger charge is 2.51. The lowest BCUT2D eigenvalue weighted by Gasteiger charge is -2.56. The third kappa shape index (κ3) is 4.72. The topological polar surface area (TPSA) is 110 Å². The summed E-state index contributed by atoms with van der Waals surface area (Å²) >= 11 is 1.19. The van der Waals surface area contributed by atoms with Gasteiger partial charge in [0.15, 0.2) is 6.61 Å². The third-order valence-corrected chi connectivity index (χ3v) is 7.67. The van der Waals surface area contributed by atoms with E-state index >= 15 is 0 Å². The molecule has 4 saturated carbocycles. The fourth-order valence-electron chi connectivity index (χ4n) is 6.03. The molecule has 0 saturated heterocycles. The third-order valence-electron chi connectivity index (χ3n) is 6.80. The Hall–Kier alpha value is -2.68. The van der Waals surface area contributed by atoms with E-state index < -0.39 is 24.5 Å². The number of thioether (sulfide) groups is 1. The highest BCUT2D eigenvalue weighted by Crippen LogP contribution is 2.55. The Morgan fingerprint density at radius 2 is 1.69 bits per heavy atom. The molecule has 2 aromatic rings. The lowest BCUT2D eigenvalue weighted by Crippen LogP contribution is -2.62. The van der Waals surface area contributed by atoms with Crippen molar-refractivity contribution in [1.82, 2.24) is 20.6 Å². The molecule has 4 aliphatic rings. The molecule has 6 rings (SSSR count). The Bertz CT molecular complexity index is 1020. The second-order valence-corrected chi connectivity index (χ2v) is 10.3. The second kappa shape index (κ2) is 8.69. The van der Waals surface area contributed by atoms with Crippen LogP contribution < -0.4 is 10.6 Å². The molecule has 168 valence electrons. The van der Waals surface area contributed by atoms with E-state index in [1.165, 1.54) is 31.0 Å². The molecule has 1 aromatic heterocycles.